The Hall–Kier alpha value is -1.88. The number of rotatable bonds is 5. The van der Waals surface area contributed by atoms with E-state index in [4.69, 9.17) is 4.42 Å². The van der Waals surface area contributed by atoms with Gasteiger partial charge in [-0.2, -0.15) is 0 Å². The normalized spacial score (nSPS) is 12.4. The summed E-state index contributed by atoms with van der Waals surface area (Å²) in [4.78, 5) is 0. The highest BCUT2D eigenvalue weighted by Crippen LogP contribution is 2.17. The van der Waals surface area contributed by atoms with Crippen molar-refractivity contribution in [1.29, 1.82) is 0 Å². The van der Waals surface area contributed by atoms with Crippen molar-refractivity contribution in [3.8, 4) is 0 Å². The number of hydrogen-bond acceptors (Lipinski definition) is 5. The largest absolute Gasteiger partial charge is 0.407 e. The first-order valence-corrected chi connectivity index (χ1v) is 5.58. The van der Waals surface area contributed by atoms with Gasteiger partial charge in [0.2, 0.25) is 5.89 Å². The van der Waals surface area contributed by atoms with Crippen LogP contribution in [0, 0.1) is 0 Å². The van der Waals surface area contributed by atoms with Gasteiger partial charge in [0.25, 0.3) is 0 Å². The first kappa shape index (κ1) is 11.6. The van der Waals surface area contributed by atoms with Crippen molar-refractivity contribution in [2.45, 2.75) is 19.5 Å². The molecular formula is C12H16N4O. The van der Waals surface area contributed by atoms with E-state index in [2.05, 4.69) is 39.9 Å². The highest BCUT2D eigenvalue weighted by molar-refractivity contribution is 5.28. The van der Waals surface area contributed by atoms with Gasteiger partial charge in [0.1, 0.15) is 0 Å². The van der Waals surface area contributed by atoms with Crippen molar-refractivity contribution in [2.75, 3.05) is 12.4 Å². The van der Waals surface area contributed by atoms with Gasteiger partial charge in [-0.25, -0.2) is 0 Å². The number of hydrogen-bond donors (Lipinski definition) is 2. The third-order valence-electron chi connectivity index (χ3n) is 2.43. The van der Waals surface area contributed by atoms with Crippen LogP contribution in [0.3, 0.4) is 0 Å². The molecule has 0 aliphatic carbocycles. The molecule has 0 fully saturated rings. The molecule has 2 aromatic rings. The van der Waals surface area contributed by atoms with Gasteiger partial charge in [0, 0.05) is 0 Å². The molecule has 0 amide bonds. The lowest BCUT2D eigenvalue weighted by Gasteiger charge is -2.11. The van der Waals surface area contributed by atoms with E-state index in [1.54, 1.807) is 0 Å². The summed E-state index contributed by atoms with van der Waals surface area (Å²) < 4.78 is 5.42. The van der Waals surface area contributed by atoms with Crippen LogP contribution in [0.4, 0.5) is 6.01 Å². The maximum atomic E-state index is 5.42. The molecule has 90 valence electrons. The number of nitrogens with one attached hydrogen (secondary N) is 2. The minimum absolute atomic E-state index is 0.138. The van der Waals surface area contributed by atoms with Crippen LogP contribution in [-0.2, 0) is 6.54 Å². The second-order valence-corrected chi connectivity index (χ2v) is 3.81. The molecule has 1 unspecified atom stereocenters. The quantitative estimate of drug-likeness (QED) is 0.825. The molecule has 0 radical (unpaired) electrons. The van der Waals surface area contributed by atoms with E-state index < -0.39 is 0 Å². The fourth-order valence-corrected chi connectivity index (χ4v) is 1.54. The maximum absolute atomic E-state index is 5.42. The lowest BCUT2D eigenvalue weighted by molar-refractivity contribution is 0.486. The Bertz CT molecular complexity index is 455. The zero-order chi connectivity index (χ0) is 12.1. The van der Waals surface area contributed by atoms with Crippen molar-refractivity contribution >= 4 is 6.01 Å². The van der Waals surface area contributed by atoms with Crippen molar-refractivity contribution in [3.63, 3.8) is 0 Å². The van der Waals surface area contributed by atoms with Gasteiger partial charge in [-0.05, 0) is 19.5 Å². The van der Waals surface area contributed by atoms with Crippen molar-refractivity contribution in [3.05, 3.63) is 41.8 Å². The Morgan fingerprint density at radius 2 is 2.00 bits per heavy atom. The summed E-state index contributed by atoms with van der Waals surface area (Å²) in [7, 11) is 1.84. The number of benzene rings is 1. The molecule has 2 rings (SSSR count). The Labute approximate surface area is 100 Å². The second kappa shape index (κ2) is 5.45. The Morgan fingerprint density at radius 3 is 2.71 bits per heavy atom. The van der Waals surface area contributed by atoms with Crippen molar-refractivity contribution in [2.24, 2.45) is 0 Å². The molecule has 0 aliphatic heterocycles. The van der Waals surface area contributed by atoms with Gasteiger partial charge in [-0.15, -0.1) is 5.10 Å². The summed E-state index contributed by atoms with van der Waals surface area (Å²) in [5, 5.41) is 14.0. The fourth-order valence-electron chi connectivity index (χ4n) is 1.54. The molecule has 0 spiro atoms. The molecule has 1 aromatic carbocycles. The minimum Gasteiger partial charge on any atom is -0.407 e. The third kappa shape index (κ3) is 3.04. The Kier molecular flexibility index (Phi) is 3.72. The molecule has 0 saturated heterocycles. The van der Waals surface area contributed by atoms with Gasteiger partial charge < -0.3 is 15.1 Å². The van der Waals surface area contributed by atoms with Crippen LogP contribution in [0.25, 0.3) is 0 Å². The topological polar surface area (TPSA) is 63.0 Å². The molecule has 5 nitrogen and oxygen atoms in total. The Balaban J connectivity index is 2.00. The van der Waals surface area contributed by atoms with Crippen molar-refractivity contribution < 1.29 is 4.42 Å². The summed E-state index contributed by atoms with van der Waals surface area (Å²) in [6.07, 6.45) is 0. The molecule has 2 N–H and O–H groups in total. The van der Waals surface area contributed by atoms with Gasteiger partial charge in [-0.1, -0.05) is 35.4 Å². The predicted octanol–water partition coefficient (Wildman–Crippen LogP) is 1.96. The van der Waals surface area contributed by atoms with Gasteiger partial charge in [0.05, 0.1) is 12.6 Å². The molecule has 0 saturated carbocycles. The summed E-state index contributed by atoms with van der Waals surface area (Å²) in [6, 6.07) is 10.7. The highest BCUT2D eigenvalue weighted by Gasteiger charge is 2.09. The third-order valence-corrected chi connectivity index (χ3v) is 2.43. The minimum atomic E-state index is 0.138. The summed E-state index contributed by atoms with van der Waals surface area (Å²) in [5.74, 6) is 0.579. The lowest BCUT2D eigenvalue weighted by atomic mass is 10.1. The zero-order valence-corrected chi connectivity index (χ0v) is 9.97. The number of nitrogens with zero attached hydrogens (tertiary/aromatic N) is 2. The summed E-state index contributed by atoms with van der Waals surface area (Å²) >= 11 is 0. The monoisotopic (exact) mass is 232 g/mol. The molecule has 5 heteroatoms. The first-order valence-electron chi connectivity index (χ1n) is 5.58. The molecule has 17 heavy (non-hydrogen) atoms. The van der Waals surface area contributed by atoms with Crippen molar-refractivity contribution in [1.82, 2.24) is 15.5 Å². The average molecular weight is 232 g/mol. The molecule has 1 heterocycles. The number of aromatic nitrogens is 2. The number of anilines is 1. The van der Waals surface area contributed by atoms with E-state index in [1.165, 1.54) is 5.56 Å². The standard InChI is InChI=1S/C12H16N4O/c1-9(10-6-4-3-5-7-10)14-12-16-15-11(17-12)8-13-2/h3-7,9,13H,8H2,1-2H3,(H,14,16). The van der Waals surface area contributed by atoms with Crippen LogP contribution < -0.4 is 10.6 Å². The highest BCUT2D eigenvalue weighted by atomic mass is 16.4. The van der Waals surface area contributed by atoms with Crippen LogP contribution in [0.15, 0.2) is 34.7 Å². The lowest BCUT2D eigenvalue weighted by Crippen LogP contribution is -2.06. The maximum Gasteiger partial charge on any atom is 0.315 e. The SMILES string of the molecule is CNCc1nnc(NC(C)c2ccccc2)o1. The Morgan fingerprint density at radius 1 is 1.24 bits per heavy atom. The van der Waals surface area contributed by atoms with Crippen LogP contribution in [-0.4, -0.2) is 17.2 Å². The average Bonchev–Trinajstić information content (AvgIpc) is 2.78. The van der Waals surface area contributed by atoms with Gasteiger partial charge in [-0.3, -0.25) is 0 Å². The smallest absolute Gasteiger partial charge is 0.315 e. The molecule has 0 bridgehead atoms. The second-order valence-electron chi connectivity index (χ2n) is 3.81. The zero-order valence-electron chi connectivity index (χ0n) is 9.97. The predicted molar refractivity (Wildman–Crippen MR) is 65.5 cm³/mol. The first-order chi connectivity index (χ1) is 8.29. The van der Waals surface area contributed by atoms with Crippen LogP contribution in [0.2, 0.25) is 0 Å². The van der Waals surface area contributed by atoms with E-state index >= 15 is 0 Å². The molecule has 1 aromatic heterocycles. The molecule has 0 aliphatic rings. The van der Waals surface area contributed by atoms with E-state index in [0.29, 0.717) is 18.5 Å². The van der Waals surface area contributed by atoms with E-state index in [9.17, 15) is 0 Å². The van der Waals surface area contributed by atoms with Crippen LogP contribution in [0.1, 0.15) is 24.4 Å². The van der Waals surface area contributed by atoms with E-state index in [-0.39, 0.29) is 6.04 Å². The fraction of sp³-hybridized carbons (Fsp3) is 0.333. The summed E-state index contributed by atoms with van der Waals surface area (Å²) in [6.45, 7) is 2.63. The van der Waals surface area contributed by atoms with Crippen LogP contribution in [0.5, 0.6) is 0 Å². The molecule has 1 atom stereocenters. The van der Waals surface area contributed by atoms with Gasteiger partial charge in [0.15, 0.2) is 0 Å². The summed E-state index contributed by atoms with van der Waals surface area (Å²) in [5.41, 5.74) is 1.18. The van der Waals surface area contributed by atoms with Crippen LogP contribution >= 0.6 is 0 Å². The molecular weight excluding hydrogens is 216 g/mol. The van der Waals surface area contributed by atoms with E-state index in [0.717, 1.165) is 0 Å². The van der Waals surface area contributed by atoms with Gasteiger partial charge >= 0.3 is 6.01 Å². The van der Waals surface area contributed by atoms with E-state index in [1.807, 2.05) is 25.2 Å².